The highest BCUT2D eigenvalue weighted by molar-refractivity contribution is 5.97. The fourth-order valence-corrected chi connectivity index (χ4v) is 2.60. The molecule has 1 amide bonds. The van der Waals surface area contributed by atoms with Crippen LogP contribution in [0.1, 0.15) is 35.6 Å². The number of aliphatic hydroxyl groups is 1. The summed E-state index contributed by atoms with van der Waals surface area (Å²) in [6, 6.07) is 15.4. The Labute approximate surface area is 118 Å². The third-order valence-corrected chi connectivity index (χ3v) is 3.81. The summed E-state index contributed by atoms with van der Waals surface area (Å²) in [7, 11) is 0. The van der Waals surface area contributed by atoms with Gasteiger partial charge in [0.05, 0.1) is 12.0 Å². The van der Waals surface area contributed by atoms with Crippen molar-refractivity contribution in [2.45, 2.75) is 25.4 Å². The first-order valence-corrected chi connectivity index (χ1v) is 6.82. The predicted octanol–water partition coefficient (Wildman–Crippen LogP) is 3.02. The van der Waals surface area contributed by atoms with Crippen LogP contribution in [0.5, 0.6) is 0 Å². The van der Waals surface area contributed by atoms with Gasteiger partial charge in [-0.25, -0.2) is 0 Å². The molecule has 102 valence electrons. The van der Waals surface area contributed by atoms with Gasteiger partial charge in [-0.1, -0.05) is 36.4 Å². The standard InChI is InChI=1S/C17H17NO2/c1-11(19)12-6-4-7-14(9-12)18-17(20)16-10-13-5-2-3-8-15(13)16/h2-9,11,16,19H,10H2,1H3,(H,18,20). The number of nitrogens with one attached hydrogen (secondary N) is 1. The van der Waals surface area contributed by atoms with Gasteiger partial charge in [0.15, 0.2) is 0 Å². The van der Waals surface area contributed by atoms with Gasteiger partial charge >= 0.3 is 0 Å². The van der Waals surface area contributed by atoms with Gasteiger partial charge < -0.3 is 10.4 Å². The number of carbonyl (C=O) groups is 1. The van der Waals surface area contributed by atoms with Crippen LogP contribution in [0.15, 0.2) is 48.5 Å². The molecule has 0 saturated heterocycles. The molecule has 20 heavy (non-hydrogen) atoms. The summed E-state index contributed by atoms with van der Waals surface area (Å²) in [6.07, 6.45) is 0.272. The fourth-order valence-electron chi connectivity index (χ4n) is 2.60. The highest BCUT2D eigenvalue weighted by Gasteiger charge is 2.31. The van der Waals surface area contributed by atoms with Crippen molar-refractivity contribution in [2.75, 3.05) is 5.32 Å². The summed E-state index contributed by atoms with van der Waals surface area (Å²) >= 11 is 0. The first-order valence-electron chi connectivity index (χ1n) is 6.82. The minimum Gasteiger partial charge on any atom is -0.389 e. The maximum atomic E-state index is 12.3. The molecule has 1 aliphatic carbocycles. The van der Waals surface area contributed by atoms with Gasteiger partial charge in [-0.15, -0.1) is 0 Å². The number of amides is 1. The first kappa shape index (κ1) is 12.9. The molecule has 0 bridgehead atoms. The molecule has 0 spiro atoms. The van der Waals surface area contributed by atoms with Crippen LogP contribution >= 0.6 is 0 Å². The van der Waals surface area contributed by atoms with Gasteiger partial charge in [0.25, 0.3) is 0 Å². The maximum Gasteiger partial charge on any atom is 0.232 e. The number of fused-ring (bicyclic) bond motifs is 1. The van der Waals surface area contributed by atoms with Gasteiger partial charge in [0, 0.05) is 5.69 Å². The lowest BCUT2D eigenvalue weighted by Crippen LogP contribution is -2.30. The van der Waals surface area contributed by atoms with E-state index in [0.717, 1.165) is 23.2 Å². The lowest BCUT2D eigenvalue weighted by atomic mass is 9.77. The van der Waals surface area contributed by atoms with E-state index in [1.165, 1.54) is 5.56 Å². The Hall–Kier alpha value is -2.13. The zero-order chi connectivity index (χ0) is 14.1. The number of hydrogen-bond acceptors (Lipinski definition) is 2. The van der Waals surface area contributed by atoms with Crippen molar-refractivity contribution in [1.82, 2.24) is 0 Å². The maximum absolute atomic E-state index is 12.3. The Kier molecular flexibility index (Phi) is 3.28. The molecule has 0 aromatic heterocycles. The minimum atomic E-state index is -0.531. The van der Waals surface area contributed by atoms with Crippen molar-refractivity contribution >= 4 is 11.6 Å². The van der Waals surface area contributed by atoms with Gasteiger partial charge in [-0.3, -0.25) is 4.79 Å². The van der Waals surface area contributed by atoms with Crippen LogP contribution in [0.3, 0.4) is 0 Å². The largest absolute Gasteiger partial charge is 0.389 e. The number of carbonyl (C=O) groups excluding carboxylic acids is 1. The van der Waals surface area contributed by atoms with E-state index >= 15 is 0 Å². The van der Waals surface area contributed by atoms with Crippen molar-refractivity contribution in [3.8, 4) is 0 Å². The molecule has 0 heterocycles. The van der Waals surface area contributed by atoms with Gasteiger partial charge in [0.2, 0.25) is 5.91 Å². The third kappa shape index (κ3) is 2.32. The number of anilines is 1. The molecule has 2 N–H and O–H groups in total. The normalized spacial score (nSPS) is 17.8. The smallest absolute Gasteiger partial charge is 0.232 e. The number of rotatable bonds is 3. The lowest BCUT2D eigenvalue weighted by molar-refractivity contribution is -0.118. The molecule has 2 atom stereocenters. The zero-order valence-electron chi connectivity index (χ0n) is 11.3. The second-order valence-electron chi connectivity index (χ2n) is 5.25. The van der Waals surface area contributed by atoms with E-state index < -0.39 is 6.10 Å². The van der Waals surface area contributed by atoms with Crippen LogP contribution in [0.25, 0.3) is 0 Å². The van der Waals surface area contributed by atoms with Crippen LogP contribution in [-0.4, -0.2) is 11.0 Å². The minimum absolute atomic E-state index is 0.0199. The van der Waals surface area contributed by atoms with E-state index in [1.807, 2.05) is 42.5 Å². The average molecular weight is 267 g/mol. The van der Waals surface area contributed by atoms with Crippen molar-refractivity contribution in [3.63, 3.8) is 0 Å². The molecule has 2 unspecified atom stereocenters. The summed E-state index contributed by atoms with van der Waals surface area (Å²) in [6.45, 7) is 1.71. The van der Waals surface area contributed by atoms with E-state index in [9.17, 15) is 9.90 Å². The van der Waals surface area contributed by atoms with Crippen molar-refractivity contribution < 1.29 is 9.90 Å². The SMILES string of the molecule is CC(O)c1cccc(NC(=O)C2Cc3ccccc32)c1. The van der Waals surface area contributed by atoms with Crippen LogP contribution in [0.4, 0.5) is 5.69 Å². The second-order valence-corrected chi connectivity index (χ2v) is 5.25. The third-order valence-electron chi connectivity index (χ3n) is 3.81. The summed E-state index contributed by atoms with van der Waals surface area (Å²) in [5.74, 6) is -0.0344. The van der Waals surface area contributed by atoms with Crippen LogP contribution in [0, 0.1) is 0 Å². The average Bonchev–Trinajstić information content (AvgIpc) is 2.40. The molecule has 0 aliphatic heterocycles. The zero-order valence-corrected chi connectivity index (χ0v) is 11.3. The van der Waals surface area contributed by atoms with E-state index in [0.29, 0.717) is 0 Å². The number of aliphatic hydroxyl groups excluding tert-OH is 1. The lowest BCUT2D eigenvalue weighted by Gasteiger charge is -2.28. The topological polar surface area (TPSA) is 49.3 Å². The molecule has 3 rings (SSSR count). The quantitative estimate of drug-likeness (QED) is 0.898. The van der Waals surface area contributed by atoms with E-state index in [2.05, 4.69) is 11.4 Å². The summed E-state index contributed by atoms with van der Waals surface area (Å²) in [5.41, 5.74) is 3.91. The van der Waals surface area contributed by atoms with Crippen LogP contribution in [0.2, 0.25) is 0 Å². The monoisotopic (exact) mass is 267 g/mol. The number of hydrogen-bond donors (Lipinski definition) is 2. The van der Waals surface area contributed by atoms with Gasteiger partial charge in [0.1, 0.15) is 0 Å². The highest BCUT2D eigenvalue weighted by atomic mass is 16.3. The molecule has 2 aromatic rings. The first-order chi connectivity index (χ1) is 9.65. The molecule has 2 aromatic carbocycles. The Morgan fingerprint density at radius 3 is 2.80 bits per heavy atom. The van der Waals surface area contributed by atoms with E-state index in [4.69, 9.17) is 0 Å². The molecule has 3 nitrogen and oxygen atoms in total. The summed E-state index contributed by atoms with van der Waals surface area (Å²) < 4.78 is 0. The van der Waals surface area contributed by atoms with Crippen LogP contribution in [-0.2, 0) is 11.2 Å². The molecular weight excluding hydrogens is 250 g/mol. The Morgan fingerprint density at radius 2 is 2.05 bits per heavy atom. The second kappa shape index (κ2) is 5.10. The molecule has 3 heteroatoms. The molecule has 0 saturated carbocycles. The summed E-state index contributed by atoms with van der Waals surface area (Å²) in [4.78, 5) is 12.3. The van der Waals surface area contributed by atoms with Crippen LogP contribution < -0.4 is 5.32 Å². The summed E-state index contributed by atoms with van der Waals surface area (Å²) in [5, 5.41) is 12.5. The number of benzene rings is 2. The van der Waals surface area contributed by atoms with Gasteiger partial charge in [-0.05, 0) is 42.2 Å². The molecule has 0 fully saturated rings. The fraction of sp³-hybridized carbons (Fsp3) is 0.235. The van der Waals surface area contributed by atoms with Crippen molar-refractivity contribution in [1.29, 1.82) is 0 Å². The Balaban J connectivity index is 1.73. The van der Waals surface area contributed by atoms with Gasteiger partial charge in [-0.2, -0.15) is 0 Å². The predicted molar refractivity (Wildman–Crippen MR) is 78.6 cm³/mol. The highest BCUT2D eigenvalue weighted by Crippen LogP contribution is 2.35. The molecule has 1 aliphatic rings. The molecular formula is C17H17NO2. The Bertz CT molecular complexity index is 649. The molecule has 0 radical (unpaired) electrons. The van der Waals surface area contributed by atoms with Crippen molar-refractivity contribution in [2.24, 2.45) is 0 Å². The Morgan fingerprint density at radius 1 is 1.25 bits per heavy atom. The van der Waals surface area contributed by atoms with E-state index in [1.54, 1.807) is 6.92 Å². The van der Waals surface area contributed by atoms with E-state index in [-0.39, 0.29) is 11.8 Å². The van der Waals surface area contributed by atoms with Crippen molar-refractivity contribution in [3.05, 3.63) is 65.2 Å².